The maximum absolute atomic E-state index is 13.4. The van der Waals surface area contributed by atoms with Crippen molar-refractivity contribution < 1.29 is 9.18 Å². The Hall–Kier alpha value is -1.42. The van der Waals surface area contributed by atoms with Gasteiger partial charge in [0.15, 0.2) is 0 Å². The molecule has 2 saturated heterocycles. The molecule has 1 radical (unpaired) electrons. The minimum Gasteiger partial charge on any atom is -0.345 e. The zero-order valence-corrected chi connectivity index (χ0v) is 11.2. The first kappa shape index (κ1) is 12.6. The van der Waals surface area contributed by atoms with Crippen LogP contribution < -0.4 is 0 Å². The lowest BCUT2D eigenvalue weighted by atomic mass is 9.78. The molecule has 0 atom stereocenters. The van der Waals surface area contributed by atoms with Crippen LogP contribution >= 0.6 is 0 Å². The predicted octanol–water partition coefficient (Wildman–Crippen LogP) is 1.67. The van der Waals surface area contributed by atoms with Crippen LogP contribution in [-0.4, -0.2) is 42.4 Å². The molecule has 0 bridgehead atoms. The lowest BCUT2D eigenvalue weighted by molar-refractivity contribution is -0.144. The van der Waals surface area contributed by atoms with Crippen molar-refractivity contribution in [3.05, 3.63) is 42.1 Å². The molecular weight excluding hydrogens is 243 g/mol. The SMILES string of the molecule is [CH2]c1c(F)cccc1CN1CC2(CCN(C)C2=O)C1. The number of likely N-dealkylation sites (tertiary alicyclic amines) is 2. The Labute approximate surface area is 113 Å². The van der Waals surface area contributed by atoms with E-state index < -0.39 is 0 Å². The van der Waals surface area contributed by atoms with Gasteiger partial charge in [0.05, 0.1) is 5.41 Å². The van der Waals surface area contributed by atoms with Gasteiger partial charge in [-0.2, -0.15) is 0 Å². The van der Waals surface area contributed by atoms with Crippen LogP contribution in [0.5, 0.6) is 0 Å². The van der Waals surface area contributed by atoms with Crippen molar-refractivity contribution in [3.63, 3.8) is 0 Å². The Kier molecular flexibility index (Phi) is 2.86. The number of benzene rings is 1. The highest BCUT2D eigenvalue weighted by Crippen LogP contribution is 2.40. The van der Waals surface area contributed by atoms with Crippen LogP contribution in [0.2, 0.25) is 0 Å². The van der Waals surface area contributed by atoms with E-state index in [1.807, 2.05) is 18.0 Å². The second kappa shape index (κ2) is 4.30. The highest BCUT2D eigenvalue weighted by atomic mass is 19.1. The molecule has 3 rings (SSSR count). The maximum atomic E-state index is 13.4. The monoisotopic (exact) mass is 261 g/mol. The van der Waals surface area contributed by atoms with Crippen molar-refractivity contribution in [3.8, 4) is 0 Å². The minimum absolute atomic E-state index is 0.163. The smallest absolute Gasteiger partial charge is 0.231 e. The molecule has 0 unspecified atom stereocenters. The first-order valence-corrected chi connectivity index (χ1v) is 6.59. The largest absolute Gasteiger partial charge is 0.345 e. The molecule has 0 aromatic heterocycles. The molecule has 4 heteroatoms. The number of hydrogen-bond acceptors (Lipinski definition) is 2. The topological polar surface area (TPSA) is 23.6 Å². The Balaban J connectivity index is 1.66. The van der Waals surface area contributed by atoms with Crippen LogP contribution in [-0.2, 0) is 11.3 Å². The van der Waals surface area contributed by atoms with Crippen molar-refractivity contribution in [2.24, 2.45) is 5.41 Å². The highest BCUT2D eigenvalue weighted by Gasteiger charge is 2.53. The van der Waals surface area contributed by atoms with Crippen LogP contribution in [0.3, 0.4) is 0 Å². The molecule has 1 aromatic carbocycles. The third-order valence-electron chi connectivity index (χ3n) is 4.39. The third-order valence-corrected chi connectivity index (χ3v) is 4.39. The molecule has 1 spiro atoms. The van der Waals surface area contributed by atoms with Crippen molar-refractivity contribution in [1.82, 2.24) is 9.80 Å². The molecule has 2 heterocycles. The van der Waals surface area contributed by atoms with E-state index in [1.165, 1.54) is 6.07 Å². The molecule has 101 valence electrons. The van der Waals surface area contributed by atoms with E-state index in [1.54, 1.807) is 6.07 Å². The van der Waals surface area contributed by atoms with E-state index in [0.29, 0.717) is 12.1 Å². The van der Waals surface area contributed by atoms with Crippen LogP contribution in [0.15, 0.2) is 18.2 Å². The molecule has 3 nitrogen and oxygen atoms in total. The number of rotatable bonds is 2. The first-order chi connectivity index (χ1) is 9.02. The highest BCUT2D eigenvalue weighted by molar-refractivity contribution is 5.86. The Morgan fingerprint density at radius 1 is 1.42 bits per heavy atom. The summed E-state index contributed by atoms with van der Waals surface area (Å²) in [6.07, 6.45) is 0.944. The molecule has 0 aliphatic carbocycles. The maximum Gasteiger partial charge on any atom is 0.231 e. The summed E-state index contributed by atoms with van der Waals surface area (Å²) in [5.41, 5.74) is 1.22. The van der Waals surface area contributed by atoms with Gasteiger partial charge < -0.3 is 4.90 Å². The molecule has 1 aromatic rings. The van der Waals surface area contributed by atoms with E-state index in [9.17, 15) is 9.18 Å². The second-order valence-electron chi connectivity index (χ2n) is 5.78. The van der Waals surface area contributed by atoms with Gasteiger partial charge in [-0.25, -0.2) is 4.39 Å². The van der Waals surface area contributed by atoms with E-state index in [0.717, 1.165) is 31.6 Å². The van der Waals surface area contributed by atoms with Crippen molar-refractivity contribution in [1.29, 1.82) is 0 Å². The van der Waals surface area contributed by atoms with Gasteiger partial charge in [-0.1, -0.05) is 12.1 Å². The number of amides is 1. The van der Waals surface area contributed by atoms with Crippen LogP contribution in [0, 0.1) is 18.2 Å². The van der Waals surface area contributed by atoms with E-state index in [2.05, 4.69) is 11.8 Å². The van der Waals surface area contributed by atoms with Gasteiger partial charge in [-0.15, -0.1) is 0 Å². The van der Waals surface area contributed by atoms with Crippen LogP contribution in [0.1, 0.15) is 17.5 Å². The minimum atomic E-state index is -0.260. The first-order valence-electron chi connectivity index (χ1n) is 6.59. The third kappa shape index (κ3) is 1.94. The fourth-order valence-electron chi connectivity index (χ4n) is 3.20. The van der Waals surface area contributed by atoms with E-state index in [-0.39, 0.29) is 17.1 Å². The number of halogens is 1. The zero-order valence-electron chi connectivity index (χ0n) is 11.2. The number of nitrogens with zero attached hydrogens (tertiary/aromatic N) is 2. The summed E-state index contributed by atoms with van der Waals surface area (Å²) >= 11 is 0. The molecule has 0 saturated carbocycles. The summed E-state index contributed by atoms with van der Waals surface area (Å²) < 4.78 is 13.4. The van der Waals surface area contributed by atoms with Gasteiger partial charge in [0.25, 0.3) is 0 Å². The van der Waals surface area contributed by atoms with Gasteiger partial charge in [-0.05, 0) is 30.5 Å². The van der Waals surface area contributed by atoms with Crippen LogP contribution in [0.25, 0.3) is 0 Å². The summed E-state index contributed by atoms with van der Waals surface area (Å²) in [7, 11) is 1.86. The molecule has 19 heavy (non-hydrogen) atoms. The molecule has 2 fully saturated rings. The summed E-state index contributed by atoms with van der Waals surface area (Å²) in [6, 6.07) is 5.04. The Morgan fingerprint density at radius 3 is 2.79 bits per heavy atom. The molecule has 2 aliphatic rings. The van der Waals surface area contributed by atoms with Gasteiger partial charge in [0, 0.05) is 33.2 Å². The molecular formula is C15H18FN2O. The van der Waals surface area contributed by atoms with Gasteiger partial charge >= 0.3 is 0 Å². The fourth-order valence-corrected chi connectivity index (χ4v) is 3.20. The fraction of sp³-hybridized carbons (Fsp3) is 0.467. The van der Waals surface area contributed by atoms with Crippen molar-refractivity contribution >= 4 is 5.91 Å². The molecule has 0 N–H and O–H groups in total. The summed E-state index contributed by atoms with van der Waals surface area (Å²) in [5, 5.41) is 0. The van der Waals surface area contributed by atoms with Gasteiger partial charge in [-0.3, -0.25) is 9.69 Å². The van der Waals surface area contributed by atoms with Crippen LogP contribution in [0.4, 0.5) is 4.39 Å². The quantitative estimate of drug-likeness (QED) is 0.808. The Morgan fingerprint density at radius 2 is 2.16 bits per heavy atom. The average Bonchev–Trinajstić information content (AvgIpc) is 2.63. The number of hydrogen-bond donors (Lipinski definition) is 0. The second-order valence-corrected chi connectivity index (χ2v) is 5.78. The summed E-state index contributed by atoms with van der Waals surface area (Å²) in [5.74, 6) is 0.00209. The average molecular weight is 261 g/mol. The standard InChI is InChI=1S/C15H18FN2O/c1-11-12(4-3-5-13(11)16)8-18-9-15(10-18)6-7-17(2)14(15)19/h3-5H,1,6-10H2,2H3. The van der Waals surface area contributed by atoms with Gasteiger partial charge in [0.2, 0.25) is 5.91 Å². The number of carbonyl (C=O) groups is 1. The lowest BCUT2D eigenvalue weighted by Crippen LogP contribution is -2.59. The molecule has 1 amide bonds. The molecule has 2 aliphatic heterocycles. The van der Waals surface area contributed by atoms with E-state index in [4.69, 9.17) is 0 Å². The number of carbonyl (C=O) groups excluding carboxylic acids is 1. The van der Waals surface area contributed by atoms with Gasteiger partial charge in [0.1, 0.15) is 5.82 Å². The normalized spacial score (nSPS) is 22.1. The van der Waals surface area contributed by atoms with Crippen molar-refractivity contribution in [2.75, 3.05) is 26.7 Å². The summed E-state index contributed by atoms with van der Waals surface area (Å²) in [4.78, 5) is 16.1. The summed E-state index contributed by atoms with van der Waals surface area (Å²) in [6.45, 7) is 6.87. The van der Waals surface area contributed by atoms with E-state index >= 15 is 0 Å². The zero-order chi connectivity index (χ0) is 13.6. The predicted molar refractivity (Wildman–Crippen MR) is 70.8 cm³/mol. The van der Waals surface area contributed by atoms with Crippen molar-refractivity contribution in [2.45, 2.75) is 13.0 Å². The Bertz CT molecular complexity index is 523. The lowest BCUT2D eigenvalue weighted by Gasteiger charge is -2.46.